The first kappa shape index (κ1) is 15.1. The smallest absolute Gasteiger partial charge is 0.142 e. The quantitative estimate of drug-likeness (QED) is 0.798. The zero-order valence-electron chi connectivity index (χ0n) is 14.0. The number of hydrogen-bond donors (Lipinski definition) is 1. The van der Waals surface area contributed by atoms with Gasteiger partial charge >= 0.3 is 0 Å². The highest BCUT2D eigenvalue weighted by Crippen LogP contribution is 2.28. The first-order valence-electron chi connectivity index (χ1n) is 8.50. The Balaban J connectivity index is 1.40. The topological polar surface area (TPSA) is 31.5 Å². The molecule has 124 valence electrons. The fraction of sp³-hybridized carbons (Fsp3) is 0.300. The Morgan fingerprint density at radius 2 is 1.83 bits per heavy atom. The molecule has 2 aromatic carbocycles. The molecule has 0 unspecified atom stereocenters. The standard InChI is InChI=1S/C20H23N3O/c1-24-20-5-3-2-4-19(20)23-12-10-22(11-13-23)15-16-6-7-18-17(14-16)8-9-21-18/h2-9,14,21H,10-13,15H2,1H3. The molecule has 4 nitrogen and oxygen atoms in total. The summed E-state index contributed by atoms with van der Waals surface area (Å²) in [6.45, 7) is 5.23. The lowest BCUT2D eigenvalue weighted by Crippen LogP contribution is -2.46. The van der Waals surface area contributed by atoms with E-state index in [1.165, 1.54) is 22.2 Å². The second-order valence-electron chi connectivity index (χ2n) is 6.33. The van der Waals surface area contributed by atoms with Gasteiger partial charge in [-0.3, -0.25) is 4.90 Å². The number of piperazine rings is 1. The van der Waals surface area contributed by atoms with Gasteiger partial charge in [0.25, 0.3) is 0 Å². The number of rotatable bonds is 4. The Morgan fingerprint density at radius 3 is 2.67 bits per heavy atom. The summed E-state index contributed by atoms with van der Waals surface area (Å²) in [6.07, 6.45) is 2.00. The predicted octanol–water partition coefficient (Wildman–Crippen LogP) is 3.50. The van der Waals surface area contributed by atoms with E-state index in [0.717, 1.165) is 38.5 Å². The number of ether oxygens (including phenoxy) is 1. The first-order valence-corrected chi connectivity index (χ1v) is 8.50. The van der Waals surface area contributed by atoms with Crippen LogP contribution < -0.4 is 9.64 Å². The number of aromatic amines is 1. The number of nitrogens with zero attached hydrogens (tertiary/aromatic N) is 2. The molecule has 4 heteroatoms. The highest BCUT2D eigenvalue weighted by Gasteiger charge is 2.19. The maximum Gasteiger partial charge on any atom is 0.142 e. The van der Waals surface area contributed by atoms with Crippen LogP contribution in [-0.4, -0.2) is 43.2 Å². The Kier molecular flexibility index (Phi) is 4.13. The minimum absolute atomic E-state index is 0.962. The normalized spacial score (nSPS) is 15.8. The van der Waals surface area contributed by atoms with Gasteiger partial charge in [-0.15, -0.1) is 0 Å². The van der Waals surface area contributed by atoms with Crippen LogP contribution in [0, 0.1) is 0 Å². The van der Waals surface area contributed by atoms with Gasteiger partial charge in [0.15, 0.2) is 0 Å². The molecule has 1 aliphatic rings. The summed E-state index contributed by atoms with van der Waals surface area (Å²) < 4.78 is 5.50. The third-order valence-electron chi connectivity index (χ3n) is 4.82. The molecule has 24 heavy (non-hydrogen) atoms. The Labute approximate surface area is 142 Å². The van der Waals surface area contributed by atoms with E-state index >= 15 is 0 Å². The van der Waals surface area contributed by atoms with Crippen LogP contribution in [0.4, 0.5) is 5.69 Å². The number of aromatic nitrogens is 1. The second kappa shape index (κ2) is 6.57. The number of methoxy groups -OCH3 is 1. The molecule has 0 radical (unpaired) electrons. The molecule has 0 saturated carbocycles. The van der Waals surface area contributed by atoms with Crippen LogP contribution in [-0.2, 0) is 6.54 Å². The number of H-pyrrole nitrogens is 1. The van der Waals surface area contributed by atoms with E-state index in [-0.39, 0.29) is 0 Å². The highest BCUT2D eigenvalue weighted by molar-refractivity contribution is 5.79. The van der Waals surface area contributed by atoms with Crippen molar-refractivity contribution in [2.75, 3.05) is 38.2 Å². The van der Waals surface area contributed by atoms with Crippen LogP contribution >= 0.6 is 0 Å². The number of para-hydroxylation sites is 2. The molecule has 2 heterocycles. The third-order valence-corrected chi connectivity index (χ3v) is 4.82. The van der Waals surface area contributed by atoms with Crippen molar-refractivity contribution >= 4 is 16.6 Å². The lowest BCUT2D eigenvalue weighted by atomic mass is 10.1. The lowest BCUT2D eigenvalue weighted by molar-refractivity contribution is 0.249. The first-order chi connectivity index (χ1) is 11.8. The van der Waals surface area contributed by atoms with Crippen molar-refractivity contribution in [1.82, 2.24) is 9.88 Å². The fourth-order valence-corrected chi connectivity index (χ4v) is 3.50. The average Bonchev–Trinajstić information content (AvgIpc) is 3.10. The van der Waals surface area contributed by atoms with Crippen molar-refractivity contribution in [3.05, 3.63) is 60.3 Å². The second-order valence-corrected chi connectivity index (χ2v) is 6.33. The van der Waals surface area contributed by atoms with Gasteiger partial charge in [-0.05, 0) is 41.3 Å². The molecule has 1 fully saturated rings. The van der Waals surface area contributed by atoms with E-state index in [1.807, 2.05) is 18.3 Å². The molecule has 0 aliphatic carbocycles. The maximum atomic E-state index is 5.50. The Bertz CT molecular complexity index is 818. The Hall–Kier alpha value is -2.46. The van der Waals surface area contributed by atoms with Gasteiger partial charge in [0.05, 0.1) is 12.8 Å². The van der Waals surface area contributed by atoms with Crippen molar-refractivity contribution in [2.24, 2.45) is 0 Å². The molecule has 0 amide bonds. The summed E-state index contributed by atoms with van der Waals surface area (Å²) in [4.78, 5) is 8.20. The molecule has 4 rings (SSSR count). The van der Waals surface area contributed by atoms with Crippen molar-refractivity contribution in [1.29, 1.82) is 0 Å². The molecular weight excluding hydrogens is 298 g/mol. The van der Waals surface area contributed by atoms with E-state index in [2.05, 4.69) is 51.2 Å². The van der Waals surface area contributed by atoms with E-state index in [1.54, 1.807) is 7.11 Å². The van der Waals surface area contributed by atoms with Crippen molar-refractivity contribution < 1.29 is 4.74 Å². The largest absolute Gasteiger partial charge is 0.495 e. The van der Waals surface area contributed by atoms with E-state index in [0.29, 0.717) is 0 Å². The van der Waals surface area contributed by atoms with Gasteiger partial charge in [0, 0.05) is 44.4 Å². The number of hydrogen-bond acceptors (Lipinski definition) is 3. The molecule has 1 N–H and O–H groups in total. The van der Waals surface area contributed by atoms with Gasteiger partial charge < -0.3 is 14.6 Å². The van der Waals surface area contributed by atoms with Crippen LogP contribution in [0.2, 0.25) is 0 Å². The third kappa shape index (κ3) is 2.97. The van der Waals surface area contributed by atoms with Gasteiger partial charge in [-0.25, -0.2) is 0 Å². The summed E-state index contributed by atoms with van der Waals surface area (Å²) in [5.74, 6) is 0.962. The molecule has 1 saturated heterocycles. The van der Waals surface area contributed by atoms with E-state index < -0.39 is 0 Å². The molecule has 3 aromatic rings. The Morgan fingerprint density at radius 1 is 1.00 bits per heavy atom. The molecule has 0 atom stereocenters. The van der Waals surface area contributed by atoms with E-state index in [9.17, 15) is 0 Å². The van der Waals surface area contributed by atoms with Crippen LogP contribution in [0.1, 0.15) is 5.56 Å². The summed E-state index contributed by atoms with van der Waals surface area (Å²) in [5.41, 5.74) is 3.79. The number of nitrogens with one attached hydrogen (secondary N) is 1. The van der Waals surface area contributed by atoms with Gasteiger partial charge in [0.2, 0.25) is 0 Å². The summed E-state index contributed by atoms with van der Waals surface area (Å²) in [5, 5.41) is 1.29. The van der Waals surface area contributed by atoms with Gasteiger partial charge in [-0.1, -0.05) is 18.2 Å². The van der Waals surface area contributed by atoms with Gasteiger partial charge in [-0.2, -0.15) is 0 Å². The molecule has 0 spiro atoms. The van der Waals surface area contributed by atoms with Crippen LogP contribution in [0.3, 0.4) is 0 Å². The molecule has 1 aromatic heterocycles. The van der Waals surface area contributed by atoms with Crippen molar-refractivity contribution in [3.63, 3.8) is 0 Å². The summed E-state index contributed by atoms with van der Waals surface area (Å²) >= 11 is 0. The molecule has 1 aliphatic heterocycles. The van der Waals surface area contributed by atoms with E-state index in [4.69, 9.17) is 4.74 Å². The minimum Gasteiger partial charge on any atom is -0.495 e. The zero-order chi connectivity index (χ0) is 16.4. The van der Waals surface area contributed by atoms with Crippen molar-refractivity contribution in [2.45, 2.75) is 6.54 Å². The predicted molar refractivity (Wildman–Crippen MR) is 98.8 cm³/mol. The lowest BCUT2D eigenvalue weighted by Gasteiger charge is -2.36. The number of benzene rings is 2. The van der Waals surface area contributed by atoms with Crippen LogP contribution in [0.15, 0.2) is 54.7 Å². The fourth-order valence-electron chi connectivity index (χ4n) is 3.50. The summed E-state index contributed by atoms with van der Waals surface area (Å²) in [6, 6.07) is 17.1. The number of anilines is 1. The number of fused-ring (bicyclic) bond motifs is 1. The van der Waals surface area contributed by atoms with Crippen LogP contribution in [0.5, 0.6) is 5.75 Å². The highest BCUT2D eigenvalue weighted by atomic mass is 16.5. The molecular formula is C20H23N3O. The summed E-state index contributed by atoms with van der Waals surface area (Å²) in [7, 11) is 1.74. The SMILES string of the molecule is COc1ccccc1N1CCN(Cc2ccc3[nH]ccc3c2)CC1. The monoisotopic (exact) mass is 321 g/mol. The zero-order valence-corrected chi connectivity index (χ0v) is 14.0. The van der Waals surface area contributed by atoms with Crippen molar-refractivity contribution in [3.8, 4) is 5.75 Å². The average molecular weight is 321 g/mol. The van der Waals surface area contributed by atoms with Gasteiger partial charge in [0.1, 0.15) is 5.75 Å². The minimum atomic E-state index is 0.962. The molecule has 0 bridgehead atoms. The maximum absolute atomic E-state index is 5.50. The van der Waals surface area contributed by atoms with Crippen LogP contribution in [0.25, 0.3) is 10.9 Å².